The van der Waals surface area contributed by atoms with Gasteiger partial charge in [-0.25, -0.2) is 0 Å². The number of halogens is 3. The minimum Gasteiger partial charge on any atom is -0.482 e. The first-order chi connectivity index (χ1) is 11.8. The summed E-state index contributed by atoms with van der Waals surface area (Å²) in [5, 5.41) is 10.0. The lowest BCUT2D eigenvalue weighted by Gasteiger charge is -2.19. The molecule has 1 amide bonds. The third-order valence-electron chi connectivity index (χ3n) is 3.58. The molecule has 0 bridgehead atoms. The molecule has 3 rings (SSSR count). The lowest BCUT2D eigenvalue weighted by atomic mass is 10.2. The topological polar surface area (TPSA) is 83.2 Å². The Balaban J connectivity index is 1.55. The van der Waals surface area contributed by atoms with Crippen molar-refractivity contribution in [3.8, 4) is 5.75 Å². The third-order valence-corrected chi connectivity index (χ3v) is 3.58. The summed E-state index contributed by atoms with van der Waals surface area (Å²) in [7, 11) is 1.75. The average molecular weight is 359 g/mol. The molecule has 3 heterocycles. The van der Waals surface area contributed by atoms with E-state index in [9.17, 15) is 18.0 Å². The van der Waals surface area contributed by atoms with Gasteiger partial charge in [-0.3, -0.25) is 14.2 Å². The Morgan fingerprint density at radius 3 is 2.92 bits per heavy atom. The molecule has 2 aromatic rings. The molecule has 8 nitrogen and oxygen atoms in total. The molecule has 2 aromatic heterocycles. The van der Waals surface area contributed by atoms with Crippen molar-refractivity contribution in [3.05, 3.63) is 30.4 Å². The minimum atomic E-state index is -4.54. The number of hydrogen-bond acceptors (Lipinski definition) is 5. The van der Waals surface area contributed by atoms with Gasteiger partial charge in [0.25, 0.3) is 0 Å². The molecule has 0 aliphatic carbocycles. The number of nitrogens with one attached hydrogen (secondary N) is 1. The van der Waals surface area contributed by atoms with Crippen LogP contribution in [-0.4, -0.2) is 50.8 Å². The monoisotopic (exact) mass is 359 g/mol. The molecule has 0 aromatic carbocycles. The molecule has 136 valence electrons. The molecule has 2 atom stereocenters. The van der Waals surface area contributed by atoms with Gasteiger partial charge in [-0.05, 0) is 6.07 Å². The maximum atomic E-state index is 12.5. The molecular weight excluding hydrogens is 343 g/mol. The van der Waals surface area contributed by atoms with Crippen LogP contribution in [0.15, 0.2) is 24.7 Å². The molecule has 1 aliphatic heterocycles. The number of hydrogen-bond donors (Lipinski definition) is 1. The Labute approximate surface area is 140 Å². The number of nitrogens with zero attached hydrogens (tertiary/aromatic N) is 4. The summed E-state index contributed by atoms with van der Waals surface area (Å²) < 4.78 is 51.1. The fourth-order valence-electron chi connectivity index (χ4n) is 2.42. The van der Waals surface area contributed by atoms with E-state index in [1.54, 1.807) is 24.1 Å². The highest BCUT2D eigenvalue weighted by molar-refractivity contribution is 5.76. The van der Waals surface area contributed by atoms with Crippen LogP contribution >= 0.6 is 0 Å². The molecule has 11 heteroatoms. The quantitative estimate of drug-likeness (QED) is 0.845. The average Bonchev–Trinajstić information content (AvgIpc) is 3.22. The summed E-state index contributed by atoms with van der Waals surface area (Å²) in [6.45, 7) is 0.218. The van der Waals surface area contributed by atoms with Crippen LogP contribution in [0.4, 0.5) is 13.2 Å². The highest BCUT2D eigenvalue weighted by Crippen LogP contribution is 2.27. The maximum absolute atomic E-state index is 12.5. The second-order valence-electron chi connectivity index (χ2n) is 5.61. The van der Waals surface area contributed by atoms with Gasteiger partial charge >= 0.3 is 6.18 Å². The van der Waals surface area contributed by atoms with E-state index in [4.69, 9.17) is 9.47 Å². The molecule has 25 heavy (non-hydrogen) atoms. The summed E-state index contributed by atoms with van der Waals surface area (Å²) in [4.78, 5) is 12.0. The van der Waals surface area contributed by atoms with E-state index in [0.29, 0.717) is 12.4 Å². The second kappa shape index (κ2) is 6.75. The lowest BCUT2D eigenvalue weighted by molar-refractivity contribution is -0.141. The molecule has 1 fully saturated rings. The first-order valence-electron chi connectivity index (χ1n) is 7.44. The van der Waals surface area contributed by atoms with Gasteiger partial charge in [-0.15, -0.1) is 0 Å². The van der Waals surface area contributed by atoms with E-state index in [2.05, 4.69) is 15.5 Å². The van der Waals surface area contributed by atoms with Crippen molar-refractivity contribution in [1.29, 1.82) is 0 Å². The van der Waals surface area contributed by atoms with E-state index in [-0.39, 0.29) is 13.2 Å². The molecule has 1 saturated heterocycles. The summed E-state index contributed by atoms with van der Waals surface area (Å²) >= 11 is 0. The molecule has 0 saturated carbocycles. The van der Waals surface area contributed by atoms with E-state index < -0.39 is 29.9 Å². The number of carbonyl (C=O) groups excluding carboxylic acids is 1. The first kappa shape index (κ1) is 17.3. The summed E-state index contributed by atoms with van der Waals surface area (Å²) in [6, 6.07) is 0.408. The van der Waals surface area contributed by atoms with Crippen molar-refractivity contribution in [2.24, 2.45) is 7.05 Å². The summed E-state index contributed by atoms with van der Waals surface area (Å²) in [6.07, 6.45) is -0.614. The van der Waals surface area contributed by atoms with Crippen molar-refractivity contribution >= 4 is 5.91 Å². The van der Waals surface area contributed by atoms with Crippen molar-refractivity contribution in [3.63, 3.8) is 0 Å². The zero-order valence-corrected chi connectivity index (χ0v) is 13.2. The van der Waals surface area contributed by atoms with Crippen molar-refractivity contribution in [1.82, 2.24) is 24.9 Å². The first-order valence-corrected chi connectivity index (χ1v) is 7.44. The molecule has 0 unspecified atom stereocenters. The van der Waals surface area contributed by atoms with Crippen LogP contribution in [0.3, 0.4) is 0 Å². The second-order valence-corrected chi connectivity index (χ2v) is 5.61. The van der Waals surface area contributed by atoms with Gasteiger partial charge in [0.2, 0.25) is 5.91 Å². The van der Waals surface area contributed by atoms with Gasteiger partial charge < -0.3 is 14.8 Å². The van der Waals surface area contributed by atoms with E-state index in [1.807, 2.05) is 0 Å². The highest BCUT2D eigenvalue weighted by atomic mass is 19.4. The zero-order chi connectivity index (χ0) is 18.0. The molecule has 1 N–H and O–H groups in total. The van der Waals surface area contributed by atoms with Crippen LogP contribution in [0.2, 0.25) is 0 Å². The van der Waals surface area contributed by atoms with Gasteiger partial charge in [0.15, 0.2) is 11.4 Å². The standard InChI is InChI=1S/C14H16F3N5O3/c1-21-5-9(4-18-21)25-11-8-24-7-10(11)19-13(23)6-22-3-2-12(20-22)14(15,16)17/h2-5,10-11H,6-8H2,1H3,(H,19,23)/t10-,11+/m0/s1. The number of alkyl halides is 3. The van der Waals surface area contributed by atoms with Crippen LogP contribution < -0.4 is 10.1 Å². The maximum Gasteiger partial charge on any atom is 0.435 e. The summed E-state index contributed by atoms with van der Waals surface area (Å²) in [5.74, 6) is 0.0613. The Morgan fingerprint density at radius 2 is 2.28 bits per heavy atom. The largest absolute Gasteiger partial charge is 0.482 e. The number of rotatable bonds is 5. The Bertz CT molecular complexity index is 742. The van der Waals surface area contributed by atoms with Gasteiger partial charge in [0.1, 0.15) is 12.6 Å². The van der Waals surface area contributed by atoms with E-state index in [0.717, 1.165) is 16.9 Å². The molecule has 0 radical (unpaired) electrons. The van der Waals surface area contributed by atoms with Gasteiger partial charge in [-0.2, -0.15) is 23.4 Å². The summed E-state index contributed by atoms with van der Waals surface area (Å²) in [5.41, 5.74) is -1.04. The van der Waals surface area contributed by atoms with Crippen molar-refractivity contribution < 1.29 is 27.4 Å². The molecule has 0 spiro atoms. The predicted octanol–water partition coefficient (Wildman–Crippen LogP) is 0.598. The number of ether oxygens (including phenoxy) is 2. The number of aromatic nitrogens is 4. The van der Waals surface area contributed by atoms with E-state index in [1.165, 1.54) is 0 Å². The number of carbonyl (C=O) groups is 1. The highest BCUT2D eigenvalue weighted by Gasteiger charge is 2.34. The molecular formula is C14H16F3N5O3. The van der Waals surface area contributed by atoms with Crippen molar-refractivity contribution in [2.75, 3.05) is 13.2 Å². The SMILES string of the molecule is Cn1cc(O[C@@H]2COC[C@@H]2NC(=O)Cn2ccc(C(F)(F)F)n2)cn1. The van der Waals surface area contributed by atoms with E-state index >= 15 is 0 Å². The van der Waals surface area contributed by atoms with Crippen LogP contribution in [0.1, 0.15) is 5.69 Å². The predicted molar refractivity (Wildman–Crippen MR) is 77.6 cm³/mol. The Morgan fingerprint density at radius 1 is 1.48 bits per heavy atom. The smallest absolute Gasteiger partial charge is 0.435 e. The number of amides is 1. The van der Waals surface area contributed by atoms with Gasteiger partial charge in [-0.1, -0.05) is 0 Å². The van der Waals surface area contributed by atoms with Gasteiger partial charge in [0.05, 0.1) is 31.6 Å². The molecule has 1 aliphatic rings. The Hall–Kier alpha value is -2.56. The van der Waals surface area contributed by atoms with Crippen LogP contribution in [0.25, 0.3) is 0 Å². The minimum absolute atomic E-state index is 0.254. The Kier molecular flexibility index (Phi) is 4.66. The van der Waals surface area contributed by atoms with Crippen LogP contribution in [0.5, 0.6) is 5.75 Å². The third kappa shape index (κ3) is 4.29. The van der Waals surface area contributed by atoms with Crippen LogP contribution in [0, 0.1) is 0 Å². The zero-order valence-electron chi connectivity index (χ0n) is 13.2. The fourth-order valence-corrected chi connectivity index (χ4v) is 2.42. The lowest BCUT2D eigenvalue weighted by Crippen LogP contribution is -2.46. The van der Waals surface area contributed by atoms with Crippen molar-refractivity contribution in [2.45, 2.75) is 24.9 Å². The van der Waals surface area contributed by atoms with Gasteiger partial charge in [0, 0.05) is 13.2 Å². The fraction of sp³-hybridized carbons (Fsp3) is 0.500. The van der Waals surface area contributed by atoms with Crippen LogP contribution in [-0.2, 0) is 29.3 Å². The number of aryl methyl sites for hydroxylation is 1. The normalized spacial score (nSPS) is 20.6.